The Morgan fingerprint density at radius 1 is 1.50 bits per heavy atom. The Bertz CT molecular complexity index is 265. The van der Waals surface area contributed by atoms with E-state index in [0.717, 1.165) is 0 Å². The van der Waals surface area contributed by atoms with E-state index in [9.17, 15) is 0 Å². The monoisotopic (exact) mass is 134 g/mol. The summed E-state index contributed by atoms with van der Waals surface area (Å²) in [5, 5.41) is 19.5. The molecule has 0 fully saturated rings. The number of rotatable bonds is 1. The molecule has 0 atom stereocenters. The molecule has 3 heteroatoms. The number of phenolic OH excluding ortho intramolecular Hbond substituents is 1. The van der Waals surface area contributed by atoms with Crippen LogP contribution in [-0.2, 0) is 0 Å². The van der Waals surface area contributed by atoms with Gasteiger partial charge >= 0.3 is 0 Å². The molecule has 0 aromatic heterocycles. The fourth-order valence-electron chi connectivity index (χ4n) is 0.648. The first-order valence-electron chi connectivity index (χ1n) is 2.77. The molecular formula is C7H6N2O. The van der Waals surface area contributed by atoms with E-state index in [1.165, 1.54) is 6.07 Å². The van der Waals surface area contributed by atoms with Crippen molar-refractivity contribution in [3.05, 3.63) is 24.3 Å². The number of phenols is 1. The Morgan fingerprint density at radius 3 is 2.90 bits per heavy atom. The van der Waals surface area contributed by atoms with Gasteiger partial charge in [-0.2, -0.15) is 5.26 Å². The molecule has 0 aliphatic rings. The van der Waals surface area contributed by atoms with Crippen LogP contribution in [0.1, 0.15) is 0 Å². The molecule has 0 radical (unpaired) electrons. The molecule has 2 N–H and O–H groups in total. The second-order valence-corrected chi connectivity index (χ2v) is 1.79. The lowest BCUT2D eigenvalue weighted by atomic mass is 10.3. The lowest BCUT2D eigenvalue weighted by Crippen LogP contribution is -1.84. The van der Waals surface area contributed by atoms with Gasteiger partial charge < -0.3 is 5.11 Å². The average molecular weight is 134 g/mol. The molecule has 0 spiro atoms. The molecule has 0 saturated carbocycles. The number of hydrogen-bond donors (Lipinski definition) is 2. The summed E-state index contributed by atoms with van der Waals surface area (Å²) < 4.78 is 0. The topological polar surface area (TPSA) is 56.0 Å². The van der Waals surface area contributed by atoms with Crippen molar-refractivity contribution in [3.8, 4) is 11.9 Å². The second kappa shape index (κ2) is 2.74. The summed E-state index contributed by atoms with van der Waals surface area (Å²) in [6.07, 6.45) is 1.75. The van der Waals surface area contributed by atoms with Crippen LogP contribution >= 0.6 is 0 Å². The van der Waals surface area contributed by atoms with Crippen LogP contribution in [-0.4, -0.2) is 5.11 Å². The fraction of sp³-hybridized carbons (Fsp3) is 0. The molecule has 50 valence electrons. The Labute approximate surface area is 58.5 Å². The highest BCUT2D eigenvalue weighted by molar-refractivity contribution is 5.50. The van der Waals surface area contributed by atoms with Gasteiger partial charge in [0, 0.05) is 6.07 Å². The van der Waals surface area contributed by atoms with Crippen LogP contribution in [0.15, 0.2) is 24.3 Å². The zero-order valence-electron chi connectivity index (χ0n) is 5.20. The maximum Gasteiger partial charge on any atom is 0.181 e. The Hall–Kier alpha value is -1.69. The van der Waals surface area contributed by atoms with Gasteiger partial charge in [0.05, 0.1) is 5.69 Å². The van der Waals surface area contributed by atoms with Crippen LogP contribution in [0.3, 0.4) is 0 Å². The minimum atomic E-state index is 0.153. The van der Waals surface area contributed by atoms with Gasteiger partial charge in [0.2, 0.25) is 0 Å². The minimum absolute atomic E-state index is 0.153. The van der Waals surface area contributed by atoms with Gasteiger partial charge in [-0.15, -0.1) is 0 Å². The average Bonchev–Trinajstić information content (AvgIpc) is 1.88. The van der Waals surface area contributed by atoms with Crippen molar-refractivity contribution in [2.24, 2.45) is 0 Å². The molecule has 0 amide bonds. The normalized spacial score (nSPS) is 8.30. The first-order valence-corrected chi connectivity index (χ1v) is 2.77. The number of nitrogens with one attached hydrogen (secondary N) is 1. The van der Waals surface area contributed by atoms with Crippen LogP contribution in [0.2, 0.25) is 0 Å². The third-order valence-corrected chi connectivity index (χ3v) is 1.05. The molecule has 1 aromatic carbocycles. The van der Waals surface area contributed by atoms with E-state index in [1.54, 1.807) is 24.4 Å². The predicted molar refractivity (Wildman–Crippen MR) is 37.3 cm³/mol. The van der Waals surface area contributed by atoms with Crippen molar-refractivity contribution < 1.29 is 5.11 Å². The van der Waals surface area contributed by atoms with Gasteiger partial charge in [0.15, 0.2) is 6.19 Å². The smallest absolute Gasteiger partial charge is 0.181 e. The van der Waals surface area contributed by atoms with Crippen LogP contribution in [0.5, 0.6) is 5.75 Å². The molecule has 0 unspecified atom stereocenters. The van der Waals surface area contributed by atoms with E-state index >= 15 is 0 Å². The third kappa shape index (κ3) is 1.39. The first-order chi connectivity index (χ1) is 4.83. The van der Waals surface area contributed by atoms with Crippen LogP contribution < -0.4 is 5.32 Å². The van der Waals surface area contributed by atoms with Gasteiger partial charge in [-0.05, 0) is 12.1 Å². The molecule has 0 bridgehead atoms. The van der Waals surface area contributed by atoms with Crippen molar-refractivity contribution in [3.63, 3.8) is 0 Å². The fourth-order valence-corrected chi connectivity index (χ4v) is 0.648. The number of nitriles is 1. The standard InChI is InChI=1S/C7H6N2O/c8-5-9-6-2-1-3-7(10)4-6/h1-4,9-10H. The third-order valence-electron chi connectivity index (χ3n) is 1.05. The first kappa shape index (κ1) is 6.43. The predicted octanol–water partition coefficient (Wildman–Crippen LogP) is 1.29. The van der Waals surface area contributed by atoms with Crippen molar-refractivity contribution >= 4 is 5.69 Å². The van der Waals surface area contributed by atoms with Gasteiger partial charge in [-0.25, -0.2) is 0 Å². The summed E-state index contributed by atoms with van der Waals surface area (Å²) in [6.45, 7) is 0. The largest absolute Gasteiger partial charge is 0.508 e. The highest BCUT2D eigenvalue weighted by atomic mass is 16.3. The van der Waals surface area contributed by atoms with Gasteiger partial charge in [0.1, 0.15) is 5.75 Å². The minimum Gasteiger partial charge on any atom is -0.508 e. The maximum absolute atomic E-state index is 8.89. The number of aromatic hydroxyl groups is 1. The van der Waals surface area contributed by atoms with Crippen LogP contribution in [0.25, 0.3) is 0 Å². The Balaban J connectivity index is 2.87. The molecular weight excluding hydrogens is 128 g/mol. The number of hydrogen-bond acceptors (Lipinski definition) is 3. The second-order valence-electron chi connectivity index (χ2n) is 1.79. The Morgan fingerprint density at radius 2 is 2.30 bits per heavy atom. The van der Waals surface area contributed by atoms with Gasteiger partial charge in [-0.1, -0.05) is 6.07 Å². The summed E-state index contributed by atoms with van der Waals surface area (Å²) in [7, 11) is 0. The summed E-state index contributed by atoms with van der Waals surface area (Å²) in [5.74, 6) is 0.153. The lowest BCUT2D eigenvalue weighted by molar-refractivity contribution is 0.475. The highest BCUT2D eigenvalue weighted by Gasteiger charge is 1.89. The molecule has 3 nitrogen and oxygen atoms in total. The zero-order chi connectivity index (χ0) is 7.40. The summed E-state index contributed by atoms with van der Waals surface area (Å²) in [5.41, 5.74) is 0.600. The van der Waals surface area contributed by atoms with Gasteiger partial charge in [0.25, 0.3) is 0 Å². The summed E-state index contributed by atoms with van der Waals surface area (Å²) >= 11 is 0. The molecule has 0 heterocycles. The van der Waals surface area contributed by atoms with Crippen LogP contribution in [0, 0.1) is 11.5 Å². The maximum atomic E-state index is 8.89. The molecule has 1 rings (SSSR count). The van der Waals surface area contributed by atoms with Crippen molar-refractivity contribution in [2.75, 3.05) is 5.32 Å². The van der Waals surface area contributed by atoms with Crippen LogP contribution in [0.4, 0.5) is 5.69 Å². The number of nitrogens with zero attached hydrogens (tertiary/aromatic N) is 1. The quantitative estimate of drug-likeness (QED) is 0.449. The van der Waals surface area contributed by atoms with E-state index in [-0.39, 0.29) is 5.75 Å². The van der Waals surface area contributed by atoms with Crippen molar-refractivity contribution in [1.82, 2.24) is 0 Å². The highest BCUT2D eigenvalue weighted by Crippen LogP contribution is 2.14. The summed E-state index contributed by atoms with van der Waals surface area (Å²) in [4.78, 5) is 0. The zero-order valence-corrected chi connectivity index (χ0v) is 5.20. The van der Waals surface area contributed by atoms with Crippen molar-refractivity contribution in [2.45, 2.75) is 0 Å². The lowest BCUT2D eigenvalue weighted by Gasteiger charge is -1.95. The van der Waals surface area contributed by atoms with E-state index in [4.69, 9.17) is 10.4 Å². The van der Waals surface area contributed by atoms with Gasteiger partial charge in [-0.3, -0.25) is 5.32 Å². The Kier molecular flexibility index (Phi) is 1.76. The number of anilines is 1. The van der Waals surface area contributed by atoms with E-state index in [0.29, 0.717) is 5.69 Å². The van der Waals surface area contributed by atoms with E-state index in [1.807, 2.05) is 0 Å². The van der Waals surface area contributed by atoms with Crippen molar-refractivity contribution in [1.29, 1.82) is 5.26 Å². The molecule has 0 saturated heterocycles. The molecule has 1 aromatic rings. The van der Waals surface area contributed by atoms with E-state index in [2.05, 4.69) is 5.32 Å². The van der Waals surface area contributed by atoms with E-state index < -0.39 is 0 Å². The molecule has 10 heavy (non-hydrogen) atoms. The number of benzene rings is 1. The summed E-state index contributed by atoms with van der Waals surface area (Å²) in [6, 6.07) is 6.38. The molecule has 0 aliphatic heterocycles. The molecule has 0 aliphatic carbocycles. The SMILES string of the molecule is N#CNc1cccc(O)c1.